The molecule has 264 valence electrons. The number of nitrogens with one attached hydrogen (secondary N) is 1. The monoisotopic (exact) mass is 761 g/mol. The summed E-state index contributed by atoms with van der Waals surface area (Å²) in [6.07, 6.45) is 4.09. The summed E-state index contributed by atoms with van der Waals surface area (Å²) in [5.41, 5.74) is 3.69. The molecule has 2 amide bonds. The van der Waals surface area contributed by atoms with E-state index in [1.807, 2.05) is 74.5 Å². The summed E-state index contributed by atoms with van der Waals surface area (Å²) in [6, 6.07) is 26.0. The summed E-state index contributed by atoms with van der Waals surface area (Å²) in [5, 5.41) is 3.21. The van der Waals surface area contributed by atoms with E-state index in [-0.39, 0.29) is 35.6 Å². The number of rotatable bonds is 14. The minimum Gasteiger partial charge on any atom is -0.493 e. The number of carbonyl (C=O) groups is 2. The van der Waals surface area contributed by atoms with Crippen molar-refractivity contribution in [3.8, 4) is 11.5 Å². The Balaban J connectivity index is 1.60. The number of carbonyl (C=O) groups excluding carboxylic acids is 2. The Bertz CT molecular complexity index is 1890. The van der Waals surface area contributed by atoms with Crippen molar-refractivity contribution >= 4 is 43.5 Å². The van der Waals surface area contributed by atoms with E-state index in [9.17, 15) is 18.0 Å². The highest BCUT2D eigenvalue weighted by Crippen LogP contribution is 2.33. The highest BCUT2D eigenvalue weighted by atomic mass is 79.9. The molecule has 5 rings (SSSR count). The van der Waals surface area contributed by atoms with Gasteiger partial charge in [-0.25, -0.2) is 8.42 Å². The summed E-state index contributed by atoms with van der Waals surface area (Å²) in [4.78, 5) is 30.5. The van der Waals surface area contributed by atoms with Crippen LogP contribution in [0.25, 0.3) is 0 Å². The molecule has 0 bridgehead atoms. The molecule has 0 aliphatic heterocycles. The molecule has 0 radical (unpaired) electrons. The standard InChI is InChI=1S/C39H44BrN3O6S/c1-27-19-28(2)21-33(20-27)43(50(46,47)34-17-18-36(48-3)37(24-34)49-4)26-38(44)42(25-30-13-10-14-31(40)22-30)35(23-29-11-6-5-7-12-29)39(45)41-32-15-8-9-16-32/h5-7,10-14,17-22,24,32,35H,8-9,15-16,23,25-26H2,1-4H3,(H,41,45)/t35-/m0/s1. The SMILES string of the molecule is COc1ccc(S(=O)(=O)N(CC(=O)N(Cc2cccc(Br)c2)[C@@H](Cc2ccccc2)C(=O)NC2CCCC2)c2cc(C)cc(C)c2)cc1OC. The van der Waals surface area contributed by atoms with Gasteiger partial charge in [-0.2, -0.15) is 0 Å². The molecule has 1 N–H and O–H groups in total. The predicted molar refractivity (Wildman–Crippen MR) is 199 cm³/mol. The summed E-state index contributed by atoms with van der Waals surface area (Å²) >= 11 is 3.54. The third kappa shape index (κ3) is 9.05. The van der Waals surface area contributed by atoms with Crippen LogP contribution in [0.1, 0.15) is 47.9 Å². The first-order chi connectivity index (χ1) is 24.0. The molecule has 0 unspecified atom stereocenters. The number of ether oxygens (including phenoxy) is 2. The van der Waals surface area contributed by atoms with Crippen molar-refractivity contribution in [3.05, 3.63) is 118 Å². The molecule has 1 fully saturated rings. The molecule has 11 heteroatoms. The molecule has 0 saturated heterocycles. The van der Waals surface area contributed by atoms with Crippen molar-refractivity contribution in [1.29, 1.82) is 0 Å². The zero-order valence-electron chi connectivity index (χ0n) is 28.9. The lowest BCUT2D eigenvalue weighted by Crippen LogP contribution is -2.54. The Morgan fingerprint density at radius 1 is 0.840 bits per heavy atom. The lowest BCUT2D eigenvalue weighted by molar-refractivity contribution is -0.140. The molecular weight excluding hydrogens is 718 g/mol. The highest BCUT2D eigenvalue weighted by Gasteiger charge is 2.36. The van der Waals surface area contributed by atoms with Crippen molar-refractivity contribution in [3.63, 3.8) is 0 Å². The quantitative estimate of drug-likeness (QED) is 0.149. The number of benzene rings is 4. The van der Waals surface area contributed by atoms with E-state index in [2.05, 4.69) is 21.2 Å². The smallest absolute Gasteiger partial charge is 0.264 e. The molecule has 0 aromatic heterocycles. The molecule has 50 heavy (non-hydrogen) atoms. The van der Waals surface area contributed by atoms with Gasteiger partial charge in [-0.05, 0) is 85.3 Å². The summed E-state index contributed by atoms with van der Waals surface area (Å²) < 4.78 is 41.9. The summed E-state index contributed by atoms with van der Waals surface area (Å²) in [6.45, 7) is 3.30. The highest BCUT2D eigenvalue weighted by molar-refractivity contribution is 9.10. The van der Waals surface area contributed by atoms with Crippen LogP contribution < -0.4 is 19.1 Å². The van der Waals surface area contributed by atoms with Gasteiger partial charge in [-0.1, -0.05) is 77.3 Å². The van der Waals surface area contributed by atoms with Crippen LogP contribution >= 0.6 is 15.9 Å². The normalized spacial score (nSPS) is 13.8. The van der Waals surface area contributed by atoms with Crippen LogP contribution in [-0.2, 0) is 32.6 Å². The number of nitrogens with zero attached hydrogens (tertiary/aromatic N) is 2. The van der Waals surface area contributed by atoms with Crippen molar-refractivity contribution in [2.24, 2.45) is 0 Å². The van der Waals surface area contributed by atoms with Crippen LogP contribution in [0.5, 0.6) is 11.5 Å². The fourth-order valence-corrected chi connectivity index (χ4v) is 8.34. The summed E-state index contributed by atoms with van der Waals surface area (Å²) in [5.74, 6) is -0.166. The summed E-state index contributed by atoms with van der Waals surface area (Å²) in [7, 11) is -1.43. The van der Waals surface area contributed by atoms with E-state index in [0.29, 0.717) is 11.4 Å². The van der Waals surface area contributed by atoms with E-state index in [1.54, 1.807) is 12.1 Å². The van der Waals surface area contributed by atoms with Gasteiger partial charge in [-0.15, -0.1) is 0 Å². The fraction of sp³-hybridized carbons (Fsp3) is 0.333. The first kappa shape index (κ1) is 36.9. The number of hydrogen-bond donors (Lipinski definition) is 1. The number of halogens is 1. The van der Waals surface area contributed by atoms with Crippen LogP contribution in [-0.4, -0.2) is 58.0 Å². The number of sulfonamides is 1. The van der Waals surface area contributed by atoms with Gasteiger partial charge < -0.3 is 19.7 Å². The van der Waals surface area contributed by atoms with Crippen molar-refractivity contribution in [1.82, 2.24) is 10.2 Å². The number of methoxy groups -OCH3 is 2. The number of amides is 2. The maximum absolute atomic E-state index is 14.8. The van der Waals surface area contributed by atoms with Crippen LogP contribution in [0.2, 0.25) is 0 Å². The Kier molecular flexibility index (Phi) is 12.2. The molecule has 4 aromatic carbocycles. The molecule has 0 spiro atoms. The number of aryl methyl sites for hydroxylation is 2. The van der Waals surface area contributed by atoms with Gasteiger partial charge in [0.1, 0.15) is 12.6 Å². The number of hydrogen-bond acceptors (Lipinski definition) is 6. The fourth-order valence-electron chi connectivity index (χ4n) is 6.48. The minimum absolute atomic E-state index is 0.0285. The zero-order chi connectivity index (χ0) is 35.8. The minimum atomic E-state index is -4.33. The maximum atomic E-state index is 14.8. The average Bonchev–Trinajstić information content (AvgIpc) is 3.61. The molecule has 4 aromatic rings. The third-order valence-electron chi connectivity index (χ3n) is 8.93. The van der Waals surface area contributed by atoms with Gasteiger partial charge in [0.25, 0.3) is 10.0 Å². The van der Waals surface area contributed by atoms with Gasteiger partial charge in [0.2, 0.25) is 11.8 Å². The number of anilines is 1. The average molecular weight is 763 g/mol. The lowest BCUT2D eigenvalue weighted by Gasteiger charge is -2.34. The molecule has 1 aliphatic carbocycles. The van der Waals surface area contributed by atoms with E-state index in [0.717, 1.165) is 56.7 Å². The van der Waals surface area contributed by atoms with Gasteiger partial charge >= 0.3 is 0 Å². The van der Waals surface area contributed by atoms with Gasteiger partial charge in [0.05, 0.1) is 24.8 Å². The largest absolute Gasteiger partial charge is 0.493 e. The molecular formula is C39H44BrN3O6S. The van der Waals surface area contributed by atoms with Gasteiger partial charge in [0, 0.05) is 29.5 Å². The predicted octanol–water partition coefficient (Wildman–Crippen LogP) is 6.98. The Hall–Kier alpha value is -4.35. The van der Waals surface area contributed by atoms with Crippen LogP contribution in [0.15, 0.2) is 100 Å². The molecule has 0 heterocycles. The van der Waals surface area contributed by atoms with Crippen LogP contribution in [0, 0.1) is 13.8 Å². The Labute approximate surface area is 303 Å². The second kappa shape index (κ2) is 16.6. The van der Waals surface area contributed by atoms with Crippen molar-refractivity contribution in [2.45, 2.75) is 69.5 Å². The first-order valence-electron chi connectivity index (χ1n) is 16.7. The van der Waals surface area contributed by atoms with Gasteiger partial charge in [-0.3, -0.25) is 13.9 Å². The second-order valence-electron chi connectivity index (χ2n) is 12.7. The Morgan fingerprint density at radius 3 is 2.14 bits per heavy atom. The second-order valence-corrected chi connectivity index (χ2v) is 15.5. The Morgan fingerprint density at radius 2 is 1.50 bits per heavy atom. The zero-order valence-corrected chi connectivity index (χ0v) is 31.3. The van der Waals surface area contributed by atoms with Crippen molar-refractivity contribution in [2.75, 3.05) is 25.1 Å². The first-order valence-corrected chi connectivity index (χ1v) is 18.9. The topological polar surface area (TPSA) is 105 Å². The third-order valence-corrected chi connectivity index (χ3v) is 11.2. The van der Waals surface area contributed by atoms with Crippen LogP contribution in [0.3, 0.4) is 0 Å². The lowest BCUT2D eigenvalue weighted by atomic mass is 10.0. The molecule has 1 aliphatic rings. The van der Waals surface area contributed by atoms with E-state index >= 15 is 0 Å². The maximum Gasteiger partial charge on any atom is 0.264 e. The van der Waals surface area contributed by atoms with E-state index < -0.39 is 28.5 Å². The van der Waals surface area contributed by atoms with Crippen molar-refractivity contribution < 1.29 is 27.5 Å². The van der Waals surface area contributed by atoms with E-state index in [1.165, 1.54) is 37.3 Å². The molecule has 1 saturated carbocycles. The molecule has 1 atom stereocenters. The van der Waals surface area contributed by atoms with E-state index in [4.69, 9.17) is 9.47 Å². The van der Waals surface area contributed by atoms with Crippen LogP contribution in [0.4, 0.5) is 5.69 Å². The van der Waals surface area contributed by atoms with Gasteiger partial charge in [0.15, 0.2) is 11.5 Å². The molecule has 9 nitrogen and oxygen atoms in total.